The molecule has 66 heavy (non-hydrogen) atoms. The van der Waals surface area contributed by atoms with E-state index in [1.807, 2.05) is 21.1 Å². The largest absolute Gasteiger partial charge is 0.756 e. The van der Waals surface area contributed by atoms with Gasteiger partial charge >= 0.3 is 5.97 Å². The summed E-state index contributed by atoms with van der Waals surface area (Å²) in [6.45, 7) is 5.51. The Hall–Kier alpha value is -0.500. The van der Waals surface area contributed by atoms with E-state index >= 15 is 0 Å². The lowest BCUT2D eigenvalue weighted by molar-refractivity contribution is -0.870. The van der Waals surface area contributed by atoms with Crippen LogP contribution in [0.25, 0.3) is 0 Å². The van der Waals surface area contributed by atoms with Crippen LogP contribution in [0.3, 0.4) is 0 Å². The van der Waals surface area contributed by atoms with Gasteiger partial charge in [-0.3, -0.25) is 9.36 Å². The van der Waals surface area contributed by atoms with Crippen molar-refractivity contribution in [2.45, 2.75) is 309 Å². The molecular formula is C57H116NO7P. The van der Waals surface area contributed by atoms with Gasteiger partial charge in [-0.2, -0.15) is 0 Å². The van der Waals surface area contributed by atoms with Gasteiger partial charge in [0.1, 0.15) is 19.3 Å². The number of carbonyl (C=O) groups is 1. The third-order valence-electron chi connectivity index (χ3n) is 13.4. The standard InChI is InChI=1S/C57H116NO7P/c1-6-8-10-12-14-16-18-20-22-24-26-28-29-31-33-35-37-39-41-43-45-47-49-52-62-54-56(55-64-66(60,61)63-53-51-58(3,4)5)65-57(59)50-48-46-44-42-40-38-36-34-32-30-27-25-23-21-19-17-15-13-11-9-7-2/h56H,6-55H2,1-5H3. The molecule has 2 unspecified atom stereocenters. The number of esters is 1. The van der Waals surface area contributed by atoms with Gasteiger partial charge in [-0.05, 0) is 12.8 Å². The maximum atomic E-state index is 12.8. The molecule has 0 radical (unpaired) electrons. The van der Waals surface area contributed by atoms with Gasteiger partial charge in [-0.15, -0.1) is 0 Å². The lowest BCUT2D eigenvalue weighted by Gasteiger charge is -2.28. The van der Waals surface area contributed by atoms with Crippen LogP contribution in [0.2, 0.25) is 0 Å². The maximum Gasteiger partial charge on any atom is 0.306 e. The first kappa shape index (κ1) is 65.5. The minimum absolute atomic E-state index is 0.0320. The Bertz CT molecular complexity index is 1020. The summed E-state index contributed by atoms with van der Waals surface area (Å²) >= 11 is 0. The Kier molecular flexibility index (Phi) is 50.5. The molecule has 0 aromatic heterocycles. The van der Waals surface area contributed by atoms with Crippen LogP contribution in [0.5, 0.6) is 0 Å². The molecule has 0 bridgehead atoms. The number of likely N-dealkylation sites (N-methyl/N-ethyl adjacent to an activating group) is 1. The summed E-state index contributed by atoms with van der Waals surface area (Å²) in [5.41, 5.74) is 0. The molecule has 0 spiro atoms. The lowest BCUT2D eigenvalue weighted by Crippen LogP contribution is -2.37. The van der Waals surface area contributed by atoms with E-state index in [9.17, 15) is 14.3 Å². The number of phosphoric acid groups is 1. The van der Waals surface area contributed by atoms with Gasteiger partial charge in [0, 0.05) is 13.0 Å². The van der Waals surface area contributed by atoms with Crippen LogP contribution >= 0.6 is 7.82 Å². The van der Waals surface area contributed by atoms with Gasteiger partial charge in [0.05, 0.1) is 34.4 Å². The van der Waals surface area contributed by atoms with Gasteiger partial charge in [0.2, 0.25) is 0 Å². The molecule has 0 rings (SSSR count). The fourth-order valence-corrected chi connectivity index (χ4v) is 9.63. The summed E-state index contributed by atoms with van der Waals surface area (Å²) in [4.78, 5) is 25.3. The van der Waals surface area contributed by atoms with E-state index in [4.69, 9.17) is 18.5 Å². The van der Waals surface area contributed by atoms with Crippen LogP contribution < -0.4 is 4.89 Å². The Morgan fingerprint density at radius 2 is 0.697 bits per heavy atom. The van der Waals surface area contributed by atoms with Crippen LogP contribution in [0.4, 0.5) is 0 Å². The average Bonchev–Trinajstić information content (AvgIpc) is 3.28. The third kappa shape index (κ3) is 54.4. The first-order valence-electron chi connectivity index (χ1n) is 29.3. The van der Waals surface area contributed by atoms with Crippen molar-refractivity contribution in [1.82, 2.24) is 0 Å². The van der Waals surface area contributed by atoms with Gasteiger partial charge < -0.3 is 27.9 Å². The number of hydrogen-bond donors (Lipinski definition) is 0. The van der Waals surface area contributed by atoms with Crippen LogP contribution in [0, 0.1) is 0 Å². The van der Waals surface area contributed by atoms with Crippen molar-refractivity contribution >= 4 is 13.8 Å². The van der Waals surface area contributed by atoms with Crippen molar-refractivity contribution in [2.24, 2.45) is 0 Å². The average molecular weight is 959 g/mol. The Labute approximate surface area is 412 Å². The molecule has 0 saturated heterocycles. The minimum Gasteiger partial charge on any atom is -0.756 e. The Morgan fingerprint density at radius 3 is 1.00 bits per heavy atom. The fraction of sp³-hybridized carbons (Fsp3) is 0.982. The number of hydrogen-bond acceptors (Lipinski definition) is 7. The highest BCUT2D eigenvalue weighted by Crippen LogP contribution is 2.38. The van der Waals surface area contributed by atoms with Crippen molar-refractivity contribution in [3.63, 3.8) is 0 Å². The van der Waals surface area contributed by atoms with Gasteiger partial charge in [0.15, 0.2) is 0 Å². The van der Waals surface area contributed by atoms with Crippen LogP contribution in [-0.4, -0.2) is 70.7 Å². The quantitative estimate of drug-likeness (QED) is 0.0259. The molecule has 8 nitrogen and oxygen atoms in total. The van der Waals surface area contributed by atoms with Gasteiger partial charge in [-0.1, -0.05) is 284 Å². The third-order valence-corrected chi connectivity index (χ3v) is 14.4. The second-order valence-electron chi connectivity index (χ2n) is 21.4. The molecule has 0 fully saturated rings. The summed E-state index contributed by atoms with van der Waals surface area (Å²) in [6, 6.07) is 0. The highest BCUT2D eigenvalue weighted by Gasteiger charge is 2.20. The summed E-state index contributed by atoms with van der Waals surface area (Å²) in [5.74, 6) is -0.323. The van der Waals surface area contributed by atoms with Crippen LogP contribution in [-0.2, 0) is 27.9 Å². The van der Waals surface area contributed by atoms with Crippen LogP contribution in [0.15, 0.2) is 0 Å². The molecule has 0 amide bonds. The number of nitrogens with zero attached hydrogens (tertiary/aromatic N) is 1. The molecule has 0 aliphatic carbocycles. The molecule has 396 valence electrons. The molecule has 9 heteroatoms. The monoisotopic (exact) mass is 958 g/mol. The zero-order chi connectivity index (χ0) is 48.3. The molecule has 2 atom stereocenters. The van der Waals surface area contributed by atoms with E-state index in [0.717, 1.165) is 32.1 Å². The highest BCUT2D eigenvalue weighted by molar-refractivity contribution is 7.45. The number of phosphoric ester groups is 1. The molecule has 0 saturated carbocycles. The van der Waals surface area contributed by atoms with Crippen molar-refractivity contribution in [3.05, 3.63) is 0 Å². The van der Waals surface area contributed by atoms with E-state index in [1.54, 1.807) is 0 Å². The molecule has 0 heterocycles. The predicted molar refractivity (Wildman–Crippen MR) is 282 cm³/mol. The molecule has 0 aromatic rings. The smallest absolute Gasteiger partial charge is 0.306 e. The van der Waals surface area contributed by atoms with E-state index in [-0.39, 0.29) is 25.8 Å². The topological polar surface area (TPSA) is 94.1 Å². The summed E-state index contributed by atoms with van der Waals surface area (Å²) in [5, 5.41) is 0. The molecular weight excluding hydrogens is 842 g/mol. The first-order valence-corrected chi connectivity index (χ1v) is 30.7. The summed E-state index contributed by atoms with van der Waals surface area (Å²) in [6.07, 6.45) is 58.6. The fourth-order valence-electron chi connectivity index (χ4n) is 8.90. The van der Waals surface area contributed by atoms with E-state index in [0.29, 0.717) is 24.1 Å². The first-order chi connectivity index (χ1) is 32.1. The summed E-state index contributed by atoms with van der Waals surface area (Å²) < 4.78 is 34.9. The number of ether oxygens (including phenoxy) is 2. The molecule has 0 aliphatic heterocycles. The highest BCUT2D eigenvalue weighted by atomic mass is 31.2. The van der Waals surface area contributed by atoms with Gasteiger partial charge in [-0.25, -0.2) is 0 Å². The molecule has 0 aliphatic rings. The second-order valence-corrected chi connectivity index (χ2v) is 22.8. The van der Waals surface area contributed by atoms with E-state index in [2.05, 4.69) is 13.8 Å². The van der Waals surface area contributed by atoms with Crippen LogP contribution in [0.1, 0.15) is 303 Å². The second kappa shape index (κ2) is 50.9. The maximum absolute atomic E-state index is 12.8. The number of carbonyl (C=O) groups excluding carboxylic acids is 1. The Morgan fingerprint density at radius 1 is 0.409 bits per heavy atom. The van der Waals surface area contributed by atoms with Crippen molar-refractivity contribution in [2.75, 3.05) is 54.1 Å². The molecule has 0 N–H and O–H groups in total. The number of unbranched alkanes of at least 4 members (excludes halogenated alkanes) is 42. The van der Waals surface area contributed by atoms with Gasteiger partial charge in [0.25, 0.3) is 7.82 Å². The lowest BCUT2D eigenvalue weighted by atomic mass is 10.0. The SMILES string of the molecule is CCCCCCCCCCCCCCCCCCCCCCCCCOCC(COP(=O)([O-])OCC[N+](C)(C)C)OC(=O)CCCCCCCCCCCCCCCCCCCCCCC. The Balaban J connectivity index is 4.00. The van der Waals surface area contributed by atoms with Crippen molar-refractivity contribution < 1.29 is 37.3 Å². The zero-order valence-corrected chi connectivity index (χ0v) is 46.1. The van der Waals surface area contributed by atoms with Crippen molar-refractivity contribution in [1.29, 1.82) is 0 Å². The van der Waals surface area contributed by atoms with E-state index < -0.39 is 13.9 Å². The van der Waals surface area contributed by atoms with Crippen molar-refractivity contribution in [3.8, 4) is 0 Å². The number of quaternary nitrogens is 1. The zero-order valence-electron chi connectivity index (χ0n) is 45.2. The molecule has 0 aromatic carbocycles. The normalized spacial score (nSPS) is 13.4. The minimum atomic E-state index is -4.53. The van der Waals surface area contributed by atoms with E-state index in [1.165, 1.54) is 250 Å². The number of rotatable bonds is 56. The predicted octanol–water partition coefficient (Wildman–Crippen LogP) is 17.7. The summed E-state index contributed by atoms with van der Waals surface area (Å²) in [7, 11) is 1.38.